The second-order valence-corrected chi connectivity index (χ2v) is 5.18. The van der Waals surface area contributed by atoms with Gasteiger partial charge in [-0.3, -0.25) is 0 Å². The first-order valence-corrected chi connectivity index (χ1v) is 7.21. The van der Waals surface area contributed by atoms with E-state index >= 15 is 0 Å². The Morgan fingerprint density at radius 3 is 2.96 bits per heavy atom. The molecular formula is C12H11BrFN7O2. The molecule has 2 N–H and O–H groups in total. The molecule has 0 saturated heterocycles. The van der Waals surface area contributed by atoms with Crippen LogP contribution in [0.2, 0.25) is 0 Å². The molecule has 2 aromatic rings. The topological polar surface area (TPSA) is 132 Å². The summed E-state index contributed by atoms with van der Waals surface area (Å²) in [6.45, 7) is 1.79. The lowest BCUT2D eigenvalue weighted by molar-refractivity contribution is 0.298. The number of aromatic nitrogens is 2. The Bertz CT molecular complexity index is 773. The number of hydrogen-bond acceptors (Lipinski definition) is 6. The van der Waals surface area contributed by atoms with Crippen LogP contribution in [0.15, 0.2) is 37.6 Å². The fraction of sp³-hybridized carbons (Fsp3) is 0.250. The van der Waals surface area contributed by atoms with Crippen LogP contribution >= 0.6 is 15.9 Å². The molecule has 0 spiro atoms. The van der Waals surface area contributed by atoms with Crippen molar-refractivity contribution in [1.29, 1.82) is 0 Å². The van der Waals surface area contributed by atoms with Crippen molar-refractivity contribution in [2.45, 2.75) is 19.4 Å². The van der Waals surface area contributed by atoms with Gasteiger partial charge >= 0.3 is 0 Å². The van der Waals surface area contributed by atoms with E-state index < -0.39 is 11.9 Å². The zero-order valence-corrected chi connectivity index (χ0v) is 13.4. The number of amidine groups is 1. The molecule has 0 radical (unpaired) electrons. The molecule has 0 aliphatic heterocycles. The van der Waals surface area contributed by atoms with E-state index in [9.17, 15) is 9.60 Å². The van der Waals surface area contributed by atoms with Gasteiger partial charge in [-0.1, -0.05) is 22.4 Å². The summed E-state index contributed by atoms with van der Waals surface area (Å²) >= 11 is 3.06. The molecule has 1 atom stereocenters. The Labute approximate surface area is 137 Å². The fourth-order valence-electron chi connectivity index (χ4n) is 1.81. The van der Waals surface area contributed by atoms with Crippen molar-refractivity contribution in [2.24, 2.45) is 10.3 Å². The van der Waals surface area contributed by atoms with Crippen LogP contribution in [0, 0.1) is 5.82 Å². The van der Waals surface area contributed by atoms with Gasteiger partial charge in [0.1, 0.15) is 11.5 Å². The summed E-state index contributed by atoms with van der Waals surface area (Å²) in [6.07, 6.45) is 0.450. The van der Waals surface area contributed by atoms with Gasteiger partial charge in [0.25, 0.3) is 0 Å². The second kappa shape index (κ2) is 7.56. The van der Waals surface area contributed by atoms with Crippen molar-refractivity contribution in [3.05, 3.63) is 50.3 Å². The first-order valence-electron chi connectivity index (χ1n) is 6.41. The standard InChI is InChI=1S/C12H11BrFN7O2/c1-2-9(17-21-15)10-11(20-23-19-10)12(18-22)16-6-3-4-8(14)7(13)5-6/h3-5,9,22H,2H2,1H3,(H,16,18). The van der Waals surface area contributed by atoms with Gasteiger partial charge in [-0.25, -0.2) is 9.02 Å². The highest BCUT2D eigenvalue weighted by atomic mass is 79.9. The number of halogens is 2. The average Bonchev–Trinajstić information content (AvgIpc) is 3.02. The van der Waals surface area contributed by atoms with Gasteiger partial charge in [0.05, 0.1) is 10.5 Å². The van der Waals surface area contributed by atoms with Crippen LogP contribution in [0.5, 0.6) is 0 Å². The molecule has 0 bridgehead atoms. The van der Waals surface area contributed by atoms with E-state index in [-0.39, 0.29) is 21.7 Å². The number of oxime groups is 1. The van der Waals surface area contributed by atoms with Crippen LogP contribution in [-0.4, -0.2) is 21.4 Å². The molecule has 1 aromatic heterocycles. The quantitative estimate of drug-likeness (QED) is 0.153. The van der Waals surface area contributed by atoms with Gasteiger partial charge in [0.15, 0.2) is 5.69 Å². The molecule has 0 aliphatic carbocycles. The lowest BCUT2D eigenvalue weighted by Gasteiger charge is -2.09. The lowest BCUT2D eigenvalue weighted by atomic mass is 10.1. The van der Waals surface area contributed by atoms with Gasteiger partial charge in [0, 0.05) is 10.6 Å². The highest BCUT2D eigenvalue weighted by Crippen LogP contribution is 2.24. The maximum Gasteiger partial charge on any atom is 0.201 e. The van der Waals surface area contributed by atoms with E-state index in [1.165, 1.54) is 18.2 Å². The number of nitrogens with zero attached hydrogens (tertiary/aromatic N) is 6. The average molecular weight is 384 g/mol. The molecule has 9 nitrogen and oxygen atoms in total. The molecule has 11 heteroatoms. The van der Waals surface area contributed by atoms with Crippen LogP contribution in [0.3, 0.4) is 0 Å². The molecule has 0 aliphatic rings. The van der Waals surface area contributed by atoms with Crippen molar-refractivity contribution in [2.75, 3.05) is 5.32 Å². The Morgan fingerprint density at radius 2 is 2.35 bits per heavy atom. The molecule has 1 unspecified atom stereocenters. The third kappa shape index (κ3) is 3.76. The maximum absolute atomic E-state index is 13.3. The first kappa shape index (κ1) is 16.7. The summed E-state index contributed by atoms with van der Waals surface area (Å²) in [5, 5.41) is 26.1. The molecule has 2 rings (SSSR count). The second-order valence-electron chi connectivity index (χ2n) is 4.33. The summed E-state index contributed by atoms with van der Waals surface area (Å²) in [5.41, 5.74) is 9.35. The Hall–Kier alpha value is -2.65. The maximum atomic E-state index is 13.3. The van der Waals surface area contributed by atoms with E-state index in [2.05, 4.69) is 51.4 Å². The molecule has 23 heavy (non-hydrogen) atoms. The van der Waals surface area contributed by atoms with Crippen LogP contribution in [0.1, 0.15) is 30.8 Å². The minimum atomic E-state index is -0.625. The molecule has 1 aromatic carbocycles. The zero-order valence-electron chi connectivity index (χ0n) is 11.8. The monoisotopic (exact) mass is 383 g/mol. The molecule has 1 heterocycles. The predicted molar refractivity (Wildman–Crippen MR) is 82.5 cm³/mol. The normalized spacial score (nSPS) is 12.6. The highest BCUT2D eigenvalue weighted by Gasteiger charge is 2.23. The first-order chi connectivity index (χ1) is 11.1. The van der Waals surface area contributed by atoms with Crippen molar-refractivity contribution in [3.8, 4) is 0 Å². The van der Waals surface area contributed by atoms with E-state index in [0.717, 1.165) is 0 Å². The van der Waals surface area contributed by atoms with Crippen molar-refractivity contribution < 1.29 is 14.2 Å². The van der Waals surface area contributed by atoms with Gasteiger partial charge in [-0.2, -0.15) is 0 Å². The summed E-state index contributed by atoms with van der Waals surface area (Å²) in [5.74, 6) is -0.511. The van der Waals surface area contributed by atoms with E-state index in [4.69, 9.17) is 5.53 Å². The number of benzene rings is 1. The van der Waals surface area contributed by atoms with Crippen molar-refractivity contribution in [3.63, 3.8) is 0 Å². The molecule has 0 amide bonds. The molecule has 120 valence electrons. The Balaban J connectivity index is 2.34. The Kier molecular flexibility index (Phi) is 5.50. The van der Waals surface area contributed by atoms with E-state index in [1.54, 1.807) is 6.92 Å². The van der Waals surface area contributed by atoms with E-state index in [0.29, 0.717) is 12.1 Å². The van der Waals surface area contributed by atoms with Gasteiger partial charge < -0.3 is 10.5 Å². The van der Waals surface area contributed by atoms with Gasteiger partial charge in [-0.05, 0) is 51.2 Å². The zero-order chi connectivity index (χ0) is 16.8. The summed E-state index contributed by atoms with van der Waals surface area (Å²) in [6, 6.07) is 3.51. The lowest BCUT2D eigenvalue weighted by Crippen LogP contribution is -2.17. The summed E-state index contributed by atoms with van der Waals surface area (Å²) in [4.78, 5) is 2.74. The summed E-state index contributed by atoms with van der Waals surface area (Å²) in [7, 11) is 0. The number of anilines is 1. The SMILES string of the molecule is CCC(N=[N+]=[N-])c1nonc1C(=NO)Nc1ccc(F)c(Br)c1. The molecule has 0 fully saturated rings. The third-order valence-corrected chi connectivity index (χ3v) is 3.52. The molecule has 0 saturated carbocycles. The Morgan fingerprint density at radius 1 is 1.57 bits per heavy atom. The summed E-state index contributed by atoms with van der Waals surface area (Å²) < 4.78 is 18.1. The van der Waals surface area contributed by atoms with Crippen molar-refractivity contribution in [1.82, 2.24) is 10.3 Å². The smallest absolute Gasteiger partial charge is 0.201 e. The van der Waals surface area contributed by atoms with Crippen LogP contribution < -0.4 is 5.32 Å². The fourth-order valence-corrected chi connectivity index (χ4v) is 2.19. The number of azide groups is 1. The minimum Gasteiger partial charge on any atom is -0.409 e. The van der Waals surface area contributed by atoms with Crippen LogP contribution in [-0.2, 0) is 0 Å². The number of rotatable bonds is 5. The van der Waals surface area contributed by atoms with Crippen molar-refractivity contribution >= 4 is 27.5 Å². The number of hydrogen-bond donors (Lipinski definition) is 2. The van der Waals surface area contributed by atoms with E-state index in [1.807, 2.05) is 0 Å². The highest BCUT2D eigenvalue weighted by molar-refractivity contribution is 9.10. The minimum absolute atomic E-state index is 0.0775. The van der Waals surface area contributed by atoms with Crippen LogP contribution in [0.4, 0.5) is 10.1 Å². The van der Waals surface area contributed by atoms with Gasteiger partial charge in [0.2, 0.25) is 5.84 Å². The molecular weight excluding hydrogens is 373 g/mol. The number of nitrogens with one attached hydrogen (secondary N) is 1. The predicted octanol–water partition coefficient (Wildman–Crippen LogP) is 3.98. The van der Waals surface area contributed by atoms with Crippen LogP contribution in [0.25, 0.3) is 10.4 Å². The third-order valence-electron chi connectivity index (χ3n) is 2.91. The largest absolute Gasteiger partial charge is 0.409 e. The van der Waals surface area contributed by atoms with Gasteiger partial charge in [-0.15, -0.1) is 0 Å².